The van der Waals surface area contributed by atoms with Crippen molar-refractivity contribution in [2.45, 2.75) is 25.4 Å². The summed E-state index contributed by atoms with van der Waals surface area (Å²) in [5.41, 5.74) is 12.3. The normalized spacial score (nSPS) is 16.2. The fourth-order valence-corrected chi connectivity index (χ4v) is 8.73. The van der Waals surface area contributed by atoms with Crippen LogP contribution in [0.3, 0.4) is 0 Å². The number of hydrogen-bond acceptors (Lipinski definition) is 4. The SMILES string of the molecule is CC1(C)c2cc(C3=NC(c4ccc(-c5ccccc5)cc4)=NC(c4ccccc4)N3)ccc2-c2c1cc1oc3cccc4c5ccccc5c2c1c34. The number of aliphatic imine (C=N–C) groups is 2. The second kappa shape index (κ2) is 10.7. The minimum atomic E-state index is -0.272. The Morgan fingerprint density at radius 3 is 2.00 bits per heavy atom. The minimum Gasteiger partial charge on any atom is -0.456 e. The molecule has 1 aliphatic carbocycles. The number of nitrogens with zero attached hydrogens (tertiary/aromatic N) is 2. The molecule has 1 N–H and O–H groups in total. The summed E-state index contributed by atoms with van der Waals surface area (Å²) in [5, 5.41) is 11.2. The third-order valence-corrected chi connectivity index (χ3v) is 11.3. The monoisotopic (exact) mass is 667 g/mol. The molecule has 11 rings (SSSR count). The molecule has 246 valence electrons. The Labute approximate surface area is 301 Å². The van der Waals surface area contributed by atoms with Crippen LogP contribution in [-0.2, 0) is 5.41 Å². The van der Waals surface area contributed by atoms with Crippen LogP contribution in [-0.4, -0.2) is 11.7 Å². The van der Waals surface area contributed by atoms with Gasteiger partial charge in [0.15, 0.2) is 5.84 Å². The summed E-state index contributed by atoms with van der Waals surface area (Å²) in [7, 11) is 0. The summed E-state index contributed by atoms with van der Waals surface area (Å²) in [5.74, 6) is 1.53. The van der Waals surface area contributed by atoms with Crippen molar-refractivity contribution in [1.29, 1.82) is 0 Å². The topological polar surface area (TPSA) is 49.9 Å². The van der Waals surface area contributed by atoms with Crippen LogP contribution in [0.2, 0.25) is 0 Å². The Bertz CT molecular complexity index is 2930. The van der Waals surface area contributed by atoms with Crippen molar-refractivity contribution in [3.05, 3.63) is 179 Å². The second-order valence-electron chi connectivity index (χ2n) is 14.6. The van der Waals surface area contributed by atoms with E-state index in [0.29, 0.717) is 5.84 Å². The average Bonchev–Trinajstić information content (AvgIpc) is 3.69. The van der Waals surface area contributed by atoms with Crippen molar-refractivity contribution < 1.29 is 4.42 Å². The number of fused-ring (bicyclic) bond motifs is 7. The molecule has 52 heavy (non-hydrogen) atoms. The van der Waals surface area contributed by atoms with Crippen LogP contribution in [0, 0.1) is 0 Å². The maximum atomic E-state index is 6.62. The van der Waals surface area contributed by atoms with Crippen molar-refractivity contribution in [3.8, 4) is 22.3 Å². The van der Waals surface area contributed by atoms with Gasteiger partial charge in [0, 0.05) is 32.7 Å². The van der Waals surface area contributed by atoms with Crippen LogP contribution >= 0.6 is 0 Å². The smallest absolute Gasteiger partial charge is 0.159 e. The number of furan rings is 1. The van der Waals surface area contributed by atoms with Gasteiger partial charge in [0.05, 0.1) is 0 Å². The number of amidine groups is 2. The van der Waals surface area contributed by atoms with E-state index >= 15 is 0 Å². The molecule has 2 aliphatic rings. The molecule has 8 aromatic carbocycles. The summed E-state index contributed by atoms with van der Waals surface area (Å²) >= 11 is 0. The molecule has 1 atom stereocenters. The maximum Gasteiger partial charge on any atom is 0.159 e. The van der Waals surface area contributed by atoms with Gasteiger partial charge in [-0.3, -0.25) is 0 Å². The first kappa shape index (κ1) is 29.2. The first-order valence-corrected chi connectivity index (χ1v) is 17.9. The summed E-state index contributed by atoms with van der Waals surface area (Å²) < 4.78 is 6.62. The highest BCUT2D eigenvalue weighted by Crippen LogP contribution is 2.56. The second-order valence-corrected chi connectivity index (χ2v) is 14.6. The molecule has 0 saturated carbocycles. The Morgan fingerprint density at radius 2 is 1.19 bits per heavy atom. The van der Waals surface area contributed by atoms with Gasteiger partial charge in [-0.1, -0.05) is 147 Å². The van der Waals surface area contributed by atoms with E-state index in [2.05, 4.69) is 159 Å². The molecule has 4 nitrogen and oxygen atoms in total. The lowest BCUT2D eigenvalue weighted by Gasteiger charge is -2.25. The Kier molecular flexibility index (Phi) is 6.04. The summed E-state index contributed by atoms with van der Waals surface area (Å²) in [6.07, 6.45) is -0.272. The Morgan fingerprint density at radius 1 is 0.538 bits per heavy atom. The summed E-state index contributed by atoms with van der Waals surface area (Å²) in [6, 6.07) is 53.9. The molecule has 2 heterocycles. The summed E-state index contributed by atoms with van der Waals surface area (Å²) in [4.78, 5) is 10.3. The van der Waals surface area contributed by atoms with E-state index in [1.165, 1.54) is 65.7 Å². The number of rotatable bonds is 4. The average molecular weight is 668 g/mol. The van der Waals surface area contributed by atoms with Crippen LogP contribution in [0.4, 0.5) is 0 Å². The zero-order valence-corrected chi connectivity index (χ0v) is 28.8. The summed E-state index contributed by atoms with van der Waals surface area (Å²) in [6.45, 7) is 4.68. The Balaban J connectivity index is 1.08. The first-order valence-electron chi connectivity index (χ1n) is 17.9. The van der Waals surface area contributed by atoms with E-state index in [9.17, 15) is 0 Å². The molecule has 9 aromatic rings. The van der Waals surface area contributed by atoms with Crippen LogP contribution in [0.5, 0.6) is 0 Å². The van der Waals surface area contributed by atoms with Crippen LogP contribution in [0.25, 0.3) is 65.7 Å². The zero-order chi connectivity index (χ0) is 34.6. The highest BCUT2D eigenvalue weighted by atomic mass is 16.3. The molecule has 1 aliphatic heterocycles. The van der Waals surface area contributed by atoms with Gasteiger partial charge in [0.1, 0.15) is 23.2 Å². The maximum absolute atomic E-state index is 6.62. The fraction of sp³-hybridized carbons (Fsp3) is 0.0833. The van der Waals surface area contributed by atoms with Crippen molar-refractivity contribution in [2.24, 2.45) is 9.98 Å². The predicted molar refractivity (Wildman–Crippen MR) is 215 cm³/mol. The van der Waals surface area contributed by atoms with E-state index in [0.717, 1.165) is 33.7 Å². The third-order valence-electron chi connectivity index (χ3n) is 11.3. The van der Waals surface area contributed by atoms with Gasteiger partial charge in [0.25, 0.3) is 0 Å². The van der Waals surface area contributed by atoms with Crippen LogP contribution in [0.15, 0.2) is 166 Å². The molecule has 4 heteroatoms. The first-order chi connectivity index (χ1) is 25.5. The van der Waals surface area contributed by atoms with Gasteiger partial charge in [-0.05, 0) is 73.3 Å². The van der Waals surface area contributed by atoms with Gasteiger partial charge in [-0.15, -0.1) is 0 Å². The Hall–Kier alpha value is -6.52. The van der Waals surface area contributed by atoms with Crippen molar-refractivity contribution in [3.63, 3.8) is 0 Å². The van der Waals surface area contributed by atoms with Gasteiger partial charge in [0.2, 0.25) is 0 Å². The standard InChI is InChI=1S/C48H33N3O/c1-48(2)37-26-32(47-50-45(30-14-7-4-8-15-30)49-46(51-47)31-22-20-29(21-23-31)28-12-5-3-6-13-28)24-25-36(37)41-38(48)27-40-44-42-34(18-11-19-39(42)52-40)33-16-9-10-17-35(33)43(41)44/h3-27,45H,1-2H3,(H,49,50,51). The molecular weight excluding hydrogens is 635 g/mol. The number of hydrogen-bond donors (Lipinski definition) is 1. The fourth-order valence-electron chi connectivity index (χ4n) is 8.73. The van der Waals surface area contributed by atoms with Crippen molar-refractivity contribution in [1.82, 2.24) is 5.32 Å². The molecule has 0 spiro atoms. The van der Waals surface area contributed by atoms with E-state index in [1.54, 1.807) is 0 Å². The molecule has 0 bridgehead atoms. The van der Waals surface area contributed by atoms with E-state index < -0.39 is 0 Å². The largest absolute Gasteiger partial charge is 0.456 e. The molecule has 0 amide bonds. The van der Waals surface area contributed by atoms with E-state index in [4.69, 9.17) is 14.4 Å². The third kappa shape index (κ3) is 4.15. The minimum absolute atomic E-state index is 0.266. The van der Waals surface area contributed by atoms with Crippen LogP contribution in [0.1, 0.15) is 47.8 Å². The molecular formula is C48H33N3O. The van der Waals surface area contributed by atoms with Gasteiger partial charge in [-0.25, -0.2) is 9.98 Å². The zero-order valence-electron chi connectivity index (χ0n) is 28.8. The van der Waals surface area contributed by atoms with Crippen molar-refractivity contribution >= 4 is 55.2 Å². The molecule has 1 aromatic heterocycles. The van der Waals surface area contributed by atoms with E-state index in [1.807, 2.05) is 12.1 Å². The van der Waals surface area contributed by atoms with E-state index in [-0.39, 0.29) is 11.6 Å². The molecule has 1 unspecified atom stereocenters. The highest BCUT2D eigenvalue weighted by molar-refractivity contribution is 6.36. The molecule has 0 saturated heterocycles. The van der Waals surface area contributed by atoms with Crippen molar-refractivity contribution in [2.75, 3.05) is 0 Å². The lowest BCUT2D eigenvalue weighted by molar-refractivity contribution is 0.647. The van der Waals surface area contributed by atoms with Gasteiger partial charge < -0.3 is 9.73 Å². The lowest BCUT2D eigenvalue weighted by atomic mass is 9.81. The van der Waals surface area contributed by atoms with Gasteiger partial charge >= 0.3 is 0 Å². The molecule has 0 fully saturated rings. The van der Waals surface area contributed by atoms with Gasteiger partial charge in [-0.2, -0.15) is 0 Å². The molecule has 0 radical (unpaired) electrons. The van der Waals surface area contributed by atoms with Crippen LogP contribution < -0.4 is 5.32 Å². The lowest BCUT2D eigenvalue weighted by Crippen LogP contribution is -2.33. The number of benzene rings is 8. The quantitative estimate of drug-likeness (QED) is 0.190. The number of nitrogens with one attached hydrogen (secondary N) is 1. The highest BCUT2D eigenvalue weighted by Gasteiger charge is 2.39. The predicted octanol–water partition coefficient (Wildman–Crippen LogP) is 11.8.